The van der Waals surface area contributed by atoms with E-state index in [2.05, 4.69) is 0 Å². The van der Waals surface area contributed by atoms with Gasteiger partial charge >= 0.3 is 0 Å². The lowest BCUT2D eigenvalue weighted by molar-refractivity contribution is -0.120. The van der Waals surface area contributed by atoms with E-state index in [-0.39, 0.29) is 0 Å². The molecule has 1 aliphatic carbocycles. The van der Waals surface area contributed by atoms with Crippen LogP contribution < -0.4 is 0 Å². The number of unbranched alkanes of at least 4 members (excludes halogenated alkanes) is 1. The van der Waals surface area contributed by atoms with E-state index >= 15 is 0 Å². The van der Waals surface area contributed by atoms with Crippen molar-refractivity contribution in [3.8, 4) is 0 Å². The molecule has 0 amide bonds. The van der Waals surface area contributed by atoms with Crippen LogP contribution in [0.15, 0.2) is 22.8 Å². The van der Waals surface area contributed by atoms with Crippen molar-refractivity contribution in [3.05, 3.63) is 24.2 Å². The number of carbonyl (C=O) groups is 1. The van der Waals surface area contributed by atoms with E-state index in [1.807, 2.05) is 12.1 Å². The molecule has 0 saturated heterocycles. The molecule has 0 aromatic carbocycles. The minimum atomic E-state index is 0.376. The Kier molecular flexibility index (Phi) is 3.59. The second kappa shape index (κ2) is 5.15. The first-order valence-electron chi connectivity index (χ1n) is 5.91. The Hall–Kier alpha value is -1.05. The fourth-order valence-electron chi connectivity index (χ4n) is 2.34. The highest BCUT2D eigenvalue weighted by atomic mass is 16.3. The molecule has 1 aliphatic rings. The summed E-state index contributed by atoms with van der Waals surface area (Å²) in [5.41, 5.74) is 0. The van der Waals surface area contributed by atoms with Gasteiger partial charge < -0.3 is 4.42 Å². The first-order chi connectivity index (χ1) is 7.36. The fourth-order valence-corrected chi connectivity index (χ4v) is 2.34. The summed E-state index contributed by atoms with van der Waals surface area (Å²) in [5, 5.41) is 0. The van der Waals surface area contributed by atoms with Crippen molar-refractivity contribution in [2.75, 3.05) is 0 Å². The molecular formula is C13H18O2. The van der Waals surface area contributed by atoms with E-state index in [9.17, 15) is 4.79 Å². The standard InChI is InChI=1S/C13H18O2/c14-13-9-3-6-11(13)5-1-2-7-12-8-4-10-15-12/h4,8,10-11H,1-3,5-7,9H2/t11-/m1/s1. The van der Waals surface area contributed by atoms with Gasteiger partial charge in [0.25, 0.3) is 0 Å². The lowest BCUT2D eigenvalue weighted by atomic mass is 9.99. The van der Waals surface area contributed by atoms with Crippen LogP contribution >= 0.6 is 0 Å². The normalized spacial score (nSPS) is 21.1. The fraction of sp³-hybridized carbons (Fsp3) is 0.615. The number of ketones is 1. The molecule has 1 fully saturated rings. The van der Waals surface area contributed by atoms with Gasteiger partial charge in [0.15, 0.2) is 0 Å². The largest absolute Gasteiger partial charge is 0.469 e. The number of rotatable bonds is 5. The SMILES string of the molecule is O=C1CCC[C@H]1CCCCc1ccco1. The predicted octanol–water partition coefficient (Wildman–Crippen LogP) is 3.36. The van der Waals surface area contributed by atoms with Crippen molar-refractivity contribution in [1.29, 1.82) is 0 Å². The second-order valence-corrected chi connectivity index (χ2v) is 4.38. The highest BCUT2D eigenvalue weighted by molar-refractivity contribution is 5.82. The smallest absolute Gasteiger partial charge is 0.135 e. The van der Waals surface area contributed by atoms with Crippen LogP contribution in [0.2, 0.25) is 0 Å². The van der Waals surface area contributed by atoms with E-state index in [0.29, 0.717) is 11.7 Å². The van der Waals surface area contributed by atoms with Crippen LogP contribution in [0.5, 0.6) is 0 Å². The van der Waals surface area contributed by atoms with Crippen LogP contribution in [0.25, 0.3) is 0 Å². The maximum atomic E-state index is 11.4. The number of Topliss-reactive ketones (excluding diaryl/α,β-unsaturated/α-hetero) is 1. The summed E-state index contributed by atoms with van der Waals surface area (Å²) in [5.74, 6) is 1.93. The highest BCUT2D eigenvalue weighted by Crippen LogP contribution is 2.26. The molecule has 0 spiro atoms. The van der Waals surface area contributed by atoms with Crippen LogP contribution in [0, 0.1) is 5.92 Å². The number of furan rings is 1. The van der Waals surface area contributed by atoms with Gasteiger partial charge in [-0.15, -0.1) is 0 Å². The van der Waals surface area contributed by atoms with E-state index in [0.717, 1.165) is 50.7 Å². The van der Waals surface area contributed by atoms with Crippen molar-refractivity contribution in [2.45, 2.75) is 44.9 Å². The van der Waals surface area contributed by atoms with Gasteiger partial charge in [0.2, 0.25) is 0 Å². The summed E-state index contributed by atoms with van der Waals surface area (Å²) in [6.45, 7) is 0. The van der Waals surface area contributed by atoms with Crippen LogP contribution in [0.4, 0.5) is 0 Å². The van der Waals surface area contributed by atoms with Crippen LogP contribution in [0.1, 0.15) is 44.3 Å². The molecule has 0 aliphatic heterocycles. The van der Waals surface area contributed by atoms with Gasteiger partial charge in [-0.1, -0.05) is 6.42 Å². The molecule has 0 radical (unpaired) electrons. The number of aryl methyl sites for hydroxylation is 1. The maximum Gasteiger partial charge on any atom is 0.135 e. The van der Waals surface area contributed by atoms with E-state index < -0.39 is 0 Å². The lowest BCUT2D eigenvalue weighted by Crippen LogP contribution is -2.05. The third-order valence-corrected chi connectivity index (χ3v) is 3.24. The average Bonchev–Trinajstić information content (AvgIpc) is 2.85. The molecule has 1 aromatic heterocycles. The van der Waals surface area contributed by atoms with Crippen molar-refractivity contribution < 1.29 is 9.21 Å². The third kappa shape index (κ3) is 2.95. The Morgan fingerprint density at radius 3 is 3.00 bits per heavy atom. The van der Waals surface area contributed by atoms with Crippen LogP contribution in [-0.2, 0) is 11.2 Å². The van der Waals surface area contributed by atoms with Gasteiger partial charge in [0.05, 0.1) is 6.26 Å². The summed E-state index contributed by atoms with van der Waals surface area (Å²) in [6.07, 6.45) is 9.15. The second-order valence-electron chi connectivity index (χ2n) is 4.38. The Morgan fingerprint density at radius 1 is 1.40 bits per heavy atom. The Morgan fingerprint density at radius 2 is 2.33 bits per heavy atom. The molecule has 1 heterocycles. The summed E-state index contributed by atoms with van der Waals surface area (Å²) in [7, 11) is 0. The Balaban J connectivity index is 1.61. The number of carbonyl (C=O) groups excluding carboxylic acids is 1. The van der Waals surface area contributed by atoms with Gasteiger partial charge in [-0.2, -0.15) is 0 Å². The zero-order valence-electron chi connectivity index (χ0n) is 9.08. The van der Waals surface area contributed by atoms with Gasteiger partial charge in [0.1, 0.15) is 11.5 Å². The van der Waals surface area contributed by atoms with Crippen molar-refractivity contribution >= 4 is 5.78 Å². The molecule has 2 rings (SSSR count). The maximum absolute atomic E-state index is 11.4. The van der Waals surface area contributed by atoms with Gasteiger partial charge in [-0.3, -0.25) is 4.79 Å². The minimum absolute atomic E-state index is 0.376. The highest BCUT2D eigenvalue weighted by Gasteiger charge is 2.23. The summed E-state index contributed by atoms with van der Waals surface area (Å²) in [6, 6.07) is 3.94. The third-order valence-electron chi connectivity index (χ3n) is 3.24. The molecule has 0 bridgehead atoms. The van der Waals surface area contributed by atoms with Gasteiger partial charge in [0, 0.05) is 18.8 Å². The lowest BCUT2D eigenvalue weighted by Gasteiger charge is -2.06. The van der Waals surface area contributed by atoms with E-state index in [1.165, 1.54) is 0 Å². The zero-order chi connectivity index (χ0) is 10.5. The molecule has 2 nitrogen and oxygen atoms in total. The quantitative estimate of drug-likeness (QED) is 0.691. The van der Waals surface area contributed by atoms with Crippen molar-refractivity contribution in [2.24, 2.45) is 5.92 Å². The molecule has 0 N–H and O–H groups in total. The monoisotopic (exact) mass is 206 g/mol. The molecule has 0 unspecified atom stereocenters. The van der Waals surface area contributed by atoms with Gasteiger partial charge in [-0.05, 0) is 37.8 Å². The zero-order valence-corrected chi connectivity index (χ0v) is 9.08. The number of hydrogen-bond donors (Lipinski definition) is 0. The van der Waals surface area contributed by atoms with Crippen molar-refractivity contribution in [3.63, 3.8) is 0 Å². The predicted molar refractivity (Wildman–Crippen MR) is 58.6 cm³/mol. The van der Waals surface area contributed by atoms with E-state index in [4.69, 9.17) is 4.42 Å². The summed E-state index contributed by atoms with van der Waals surface area (Å²) >= 11 is 0. The Bertz CT molecular complexity index is 300. The summed E-state index contributed by atoms with van der Waals surface area (Å²) < 4.78 is 5.26. The molecule has 15 heavy (non-hydrogen) atoms. The molecular weight excluding hydrogens is 188 g/mol. The Labute approximate surface area is 90.7 Å². The van der Waals surface area contributed by atoms with Crippen molar-refractivity contribution in [1.82, 2.24) is 0 Å². The van der Waals surface area contributed by atoms with Gasteiger partial charge in [-0.25, -0.2) is 0 Å². The van der Waals surface area contributed by atoms with Crippen LogP contribution in [0.3, 0.4) is 0 Å². The molecule has 82 valence electrons. The molecule has 2 heteroatoms. The summed E-state index contributed by atoms with van der Waals surface area (Å²) in [4.78, 5) is 11.4. The first-order valence-corrected chi connectivity index (χ1v) is 5.91. The first kappa shape index (κ1) is 10.5. The number of hydrogen-bond acceptors (Lipinski definition) is 2. The molecule has 1 aromatic rings. The molecule has 1 saturated carbocycles. The average molecular weight is 206 g/mol. The van der Waals surface area contributed by atoms with Crippen LogP contribution in [-0.4, -0.2) is 5.78 Å². The minimum Gasteiger partial charge on any atom is -0.469 e. The van der Waals surface area contributed by atoms with E-state index in [1.54, 1.807) is 6.26 Å². The molecule has 1 atom stereocenters. The topological polar surface area (TPSA) is 30.2 Å².